The third-order valence-corrected chi connectivity index (χ3v) is 10.2. The first-order chi connectivity index (χ1) is 28.4. The van der Waals surface area contributed by atoms with Gasteiger partial charge in [0, 0.05) is 6.42 Å². The number of esters is 1. The van der Waals surface area contributed by atoms with Crippen molar-refractivity contribution in [2.45, 2.75) is 167 Å². The van der Waals surface area contributed by atoms with Gasteiger partial charge in [0.25, 0.3) is 0 Å². The molecule has 0 bridgehead atoms. The number of unbranched alkanes of at least 4 members (excludes halogenated alkanes) is 15. The predicted molar refractivity (Wildman–Crippen MR) is 245 cm³/mol. The van der Waals surface area contributed by atoms with Crippen LogP contribution in [0.4, 0.5) is 0 Å². The van der Waals surface area contributed by atoms with Gasteiger partial charge in [-0.1, -0.05) is 170 Å². The van der Waals surface area contributed by atoms with Crippen LogP contribution in [0.1, 0.15) is 149 Å². The Morgan fingerprint density at radius 2 is 1.25 bits per heavy atom. The number of hydrogen-bond acceptors (Lipinski definition) is 8. The first-order valence-electron chi connectivity index (χ1n) is 22.6. The predicted octanol–water partition coefficient (Wildman–Crippen LogP) is 11.6. The highest BCUT2D eigenvalue weighted by atomic mass is 31.2. The summed E-state index contributed by atoms with van der Waals surface area (Å²) in [6.45, 7) is 4.50. The number of nitrogens with zero attached hydrogens (tertiary/aromatic N) is 1. The Hall–Kier alpha value is -2.56. The molecule has 0 aromatic heterocycles. The van der Waals surface area contributed by atoms with Gasteiger partial charge in [-0.25, -0.2) is 4.57 Å². The summed E-state index contributed by atoms with van der Waals surface area (Å²) in [4.78, 5) is 22.9. The molecule has 340 valence electrons. The zero-order valence-electron chi connectivity index (χ0n) is 37.7. The average Bonchev–Trinajstić information content (AvgIpc) is 3.18. The van der Waals surface area contributed by atoms with E-state index in [4.69, 9.17) is 18.5 Å². The van der Waals surface area contributed by atoms with Gasteiger partial charge < -0.3 is 29.1 Å². The first-order valence-corrected chi connectivity index (χ1v) is 24.1. The lowest BCUT2D eigenvalue weighted by atomic mass is 10.0. The van der Waals surface area contributed by atoms with Crippen LogP contribution in [0.5, 0.6) is 0 Å². The summed E-state index contributed by atoms with van der Waals surface area (Å²) in [7, 11) is 1.49. The second-order valence-electron chi connectivity index (χ2n) is 16.2. The van der Waals surface area contributed by atoms with Crippen LogP contribution in [-0.2, 0) is 27.9 Å². The van der Waals surface area contributed by atoms with Crippen LogP contribution in [0.2, 0.25) is 0 Å². The molecule has 0 saturated heterocycles. The van der Waals surface area contributed by atoms with E-state index >= 15 is 0 Å². The maximum atomic E-state index is 12.7. The van der Waals surface area contributed by atoms with Crippen LogP contribution in [0, 0.1) is 0 Å². The molecule has 10 nitrogen and oxygen atoms in total. The van der Waals surface area contributed by atoms with Crippen molar-refractivity contribution in [3.05, 3.63) is 85.3 Å². The maximum Gasteiger partial charge on any atom is 0.472 e. The van der Waals surface area contributed by atoms with Gasteiger partial charge >= 0.3 is 13.8 Å². The molecule has 1 unspecified atom stereocenters. The minimum absolute atomic E-state index is 0.0264. The molecule has 0 heterocycles. The molecule has 4 atom stereocenters. The number of rotatable bonds is 40. The van der Waals surface area contributed by atoms with E-state index < -0.39 is 32.1 Å². The third kappa shape index (κ3) is 43.3. The molecule has 0 saturated carbocycles. The monoisotopic (exact) mass is 851 g/mol. The largest absolute Gasteiger partial charge is 0.498 e. The molecule has 0 aliphatic heterocycles. The molecule has 0 aliphatic carbocycles. The van der Waals surface area contributed by atoms with Crippen LogP contribution < -0.4 is 0 Å². The van der Waals surface area contributed by atoms with E-state index in [1.54, 1.807) is 30.6 Å². The van der Waals surface area contributed by atoms with E-state index in [0.717, 1.165) is 25.7 Å². The van der Waals surface area contributed by atoms with Crippen molar-refractivity contribution >= 4 is 13.8 Å². The number of aliphatic hydroxyl groups is 2. The number of hydrogen-bond donors (Lipinski definition) is 3. The van der Waals surface area contributed by atoms with E-state index in [1.807, 2.05) is 75.8 Å². The third-order valence-electron chi connectivity index (χ3n) is 9.21. The highest BCUT2D eigenvalue weighted by Gasteiger charge is 2.26. The molecule has 0 aromatic rings. The summed E-state index contributed by atoms with van der Waals surface area (Å²) in [5.41, 5.74) is 0. The van der Waals surface area contributed by atoms with Gasteiger partial charge in [-0.3, -0.25) is 13.8 Å². The van der Waals surface area contributed by atoms with Gasteiger partial charge in [0.1, 0.15) is 19.8 Å². The average molecular weight is 851 g/mol. The highest BCUT2D eigenvalue weighted by Crippen LogP contribution is 2.43. The number of phosphoric acid groups is 1. The number of quaternary nitrogens is 1. The Morgan fingerprint density at radius 1 is 0.661 bits per heavy atom. The number of likely N-dealkylation sites (N-methyl/N-ethyl adjacent to an activating group) is 1. The van der Waals surface area contributed by atoms with Crippen LogP contribution in [0.15, 0.2) is 85.3 Å². The number of aliphatic hydroxyl groups excluding tert-OH is 2. The number of carbonyl (C=O) groups excluding carboxylic acids is 1. The number of carbonyl (C=O) groups is 1. The molecule has 59 heavy (non-hydrogen) atoms. The summed E-state index contributed by atoms with van der Waals surface area (Å²) < 4.78 is 34.6. The molecule has 0 rings (SSSR count). The van der Waals surface area contributed by atoms with Gasteiger partial charge in [0.2, 0.25) is 0 Å². The fourth-order valence-corrected chi connectivity index (χ4v) is 6.41. The van der Waals surface area contributed by atoms with Crippen molar-refractivity contribution in [1.29, 1.82) is 0 Å². The number of allylic oxidation sites excluding steroid dienone is 9. The Morgan fingerprint density at radius 3 is 1.86 bits per heavy atom. The van der Waals surface area contributed by atoms with Crippen molar-refractivity contribution < 1.29 is 47.5 Å². The second kappa shape index (κ2) is 39.6. The minimum Gasteiger partial charge on any atom is -0.498 e. The van der Waals surface area contributed by atoms with Gasteiger partial charge in [-0.2, -0.15) is 0 Å². The molecule has 0 aliphatic rings. The van der Waals surface area contributed by atoms with Crippen molar-refractivity contribution in [2.24, 2.45) is 0 Å². The van der Waals surface area contributed by atoms with Crippen LogP contribution in [0.3, 0.4) is 0 Å². The van der Waals surface area contributed by atoms with E-state index in [2.05, 4.69) is 13.8 Å². The van der Waals surface area contributed by atoms with Crippen molar-refractivity contribution in [3.63, 3.8) is 0 Å². The second-order valence-corrected chi connectivity index (χ2v) is 17.6. The quantitative estimate of drug-likeness (QED) is 0.0105. The normalized spacial score (nSPS) is 15.5. The smallest absolute Gasteiger partial charge is 0.472 e. The molecule has 0 radical (unpaired) electrons. The van der Waals surface area contributed by atoms with Crippen LogP contribution in [-0.4, -0.2) is 91.4 Å². The Kier molecular flexibility index (Phi) is 37.9. The van der Waals surface area contributed by atoms with Crippen LogP contribution >= 0.6 is 7.82 Å². The van der Waals surface area contributed by atoms with E-state index in [-0.39, 0.29) is 26.2 Å². The zero-order valence-corrected chi connectivity index (χ0v) is 38.6. The summed E-state index contributed by atoms with van der Waals surface area (Å²) in [5.74, 6) is -0.476. The van der Waals surface area contributed by atoms with Gasteiger partial charge in [-0.15, -0.1) is 0 Å². The van der Waals surface area contributed by atoms with Gasteiger partial charge in [-0.05, 0) is 51.0 Å². The highest BCUT2D eigenvalue weighted by molar-refractivity contribution is 7.47. The Labute approximate surface area is 360 Å². The summed E-state index contributed by atoms with van der Waals surface area (Å²) in [6, 6.07) is 0. The van der Waals surface area contributed by atoms with Crippen molar-refractivity contribution in [3.8, 4) is 0 Å². The molecular weight excluding hydrogens is 766 g/mol. The Bertz CT molecular complexity index is 1250. The maximum absolute atomic E-state index is 12.7. The number of ether oxygens (including phenoxy) is 2. The lowest BCUT2D eigenvalue weighted by molar-refractivity contribution is -0.870. The van der Waals surface area contributed by atoms with Crippen molar-refractivity contribution in [2.75, 3.05) is 47.5 Å². The van der Waals surface area contributed by atoms with Crippen molar-refractivity contribution in [1.82, 2.24) is 0 Å². The molecular formula is C48H85NO9P+. The molecule has 0 spiro atoms. The fourth-order valence-electron chi connectivity index (χ4n) is 5.67. The lowest BCUT2D eigenvalue weighted by Gasteiger charge is -2.24. The minimum atomic E-state index is -4.35. The molecule has 0 amide bonds. The van der Waals surface area contributed by atoms with E-state index in [0.29, 0.717) is 30.3 Å². The van der Waals surface area contributed by atoms with E-state index in [9.17, 15) is 24.5 Å². The number of phosphoric ester groups is 1. The van der Waals surface area contributed by atoms with Crippen LogP contribution in [0.25, 0.3) is 0 Å². The summed E-state index contributed by atoms with van der Waals surface area (Å²) in [6.07, 6.45) is 46.5. The SMILES string of the molecule is CC/C=C\C[C@H](O)/C=C/C=C\C/C=C\C=C\[C@H](O)/C=C\CCCC(=O)O[C@H](CO/C=C/CCCCCCCCCCCCCCCC)COP(=O)(O)OCC[N+](C)(C)C. The standard InChI is InChI=1S/C48H84NO9P/c1-6-8-10-11-12-13-14-15-16-17-18-19-20-24-27-34-41-55-43-47(44-57-59(53,54)56-42-40-49(3,4)5)58-48(52)39-33-28-32-38-46(51)37-31-26-23-21-22-25-30-36-45(50)35-29-9-7-2/h9,22-23,25-26,29-32,34,36-38,41,45-47,50-51H,6-8,10-21,24,27-28,33,35,39-40,42-44H2,1-5H3/p+1/b25-22-,26-23-,29-9-,36-30+,37-31+,38-32-,41-34+/t45-,46-,47+/m0/s1. The Balaban J connectivity index is 4.55. The zero-order chi connectivity index (χ0) is 43.7. The molecule has 0 aromatic carbocycles. The molecule has 0 fully saturated rings. The van der Waals surface area contributed by atoms with Gasteiger partial charge in [0.05, 0.1) is 46.2 Å². The summed E-state index contributed by atoms with van der Waals surface area (Å²) >= 11 is 0. The topological polar surface area (TPSA) is 132 Å². The van der Waals surface area contributed by atoms with E-state index in [1.165, 1.54) is 83.5 Å². The fraction of sp³-hybridized carbons (Fsp3) is 0.688. The summed E-state index contributed by atoms with van der Waals surface area (Å²) in [5, 5.41) is 20.1. The van der Waals surface area contributed by atoms with Gasteiger partial charge in [0.15, 0.2) is 6.10 Å². The molecule has 3 N–H and O–H groups in total. The lowest BCUT2D eigenvalue weighted by Crippen LogP contribution is -2.37. The molecule has 11 heteroatoms. The first kappa shape index (κ1) is 56.4.